The first-order chi connectivity index (χ1) is 10.9. The Balaban J connectivity index is 1.82. The smallest absolute Gasteiger partial charge is 0.407 e. The number of nitrogens with one attached hydrogen (secondary N) is 2. The molecule has 1 saturated heterocycles. The highest BCUT2D eigenvalue weighted by molar-refractivity contribution is 7.98. The van der Waals surface area contributed by atoms with Crippen LogP contribution in [-0.2, 0) is 9.47 Å². The molecule has 1 saturated carbocycles. The van der Waals surface area contributed by atoms with Gasteiger partial charge in [0.15, 0.2) is 0 Å². The van der Waals surface area contributed by atoms with E-state index in [0.717, 1.165) is 32.4 Å². The van der Waals surface area contributed by atoms with E-state index < -0.39 is 5.60 Å². The molecular weight excluding hydrogens is 312 g/mol. The highest BCUT2D eigenvalue weighted by atomic mass is 32.2. The van der Waals surface area contributed by atoms with Crippen molar-refractivity contribution >= 4 is 17.9 Å². The number of rotatable bonds is 7. The molecule has 2 N–H and O–H groups in total. The fraction of sp³-hybridized carbons (Fsp3) is 0.941. The maximum atomic E-state index is 12.1. The number of unbranched alkanes of at least 4 members (excludes halogenated alkanes) is 1. The molecule has 1 aliphatic heterocycles. The van der Waals surface area contributed by atoms with Crippen molar-refractivity contribution in [1.29, 1.82) is 0 Å². The van der Waals surface area contributed by atoms with Crippen LogP contribution < -0.4 is 10.6 Å². The van der Waals surface area contributed by atoms with E-state index in [4.69, 9.17) is 9.47 Å². The summed E-state index contributed by atoms with van der Waals surface area (Å²) in [5, 5.41) is 6.66. The monoisotopic (exact) mass is 344 g/mol. The zero-order valence-corrected chi connectivity index (χ0v) is 15.7. The molecule has 1 aliphatic carbocycles. The van der Waals surface area contributed by atoms with Gasteiger partial charge in [0.1, 0.15) is 5.60 Å². The molecule has 0 spiro atoms. The first kappa shape index (κ1) is 18.9. The first-order valence-electron chi connectivity index (χ1n) is 8.76. The summed E-state index contributed by atoms with van der Waals surface area (Å²) in [6, 6.07) is 0.331. The van der Waals surface area contributed by atoms with Crippen molar-refractivity contribution in [2.24, 2.45) is 5.92 Å². The third-order valence-corrected chi connectivity index (χ3v) is 5.15. The van der Waals surface area contributed by atoms with Gasteiger partial charge in [0, 0.05) is 12.5 Å². The fourth-order valence-electron chi connectivity index (χ4n) is 3.43. The third-order valence-electron chi connectivity index (χ3n) is 4.45. The molecule has 4 unspecified atom stereocenters. The highest BCUT2D eigenvalue weighted by Gasteiger charge is 2.52. The van der Waals surface area contributed by atoms with Crippen LogP contribution in [-0.4, -0.2) is 55.0 Å². The van der Waals surface area contributed by atoms with E-state index in [0.29, 0.717) is 5.92 Å². The summed E-state index contributed by atoms with van der Waals surface area (Å²) in [4.78, 5) is 12.1. The second-order valence-corrected chi connectivity index (χ2v) is 8.48. The standard InChI is InChI=1S/C17H32N2O3S/c1-17(2,3)22-16(20)19-13-12-8-7-10-21-15(12)14(13)18-9-5-6-11-23-4/h12-15,18H,5-11H2,1-4H3,(H,19,20). The molecule has 2 rings (SSSR count). The molecular formula is C17H32N2O3S. The average molecular weight is 345 g/mol. The molecule has 4 atom stereocenters. The fourth-order valence-corrected chi connectivity index (χ4v) is 3.92. The molecule has 134 valence electrons. The Kier molecular flexibility index (Phi) is 7.04. The zero-order valence-electron chi connectivity index (χ0n) is 14.9. The summed E-state index contributed by atoms with van der Waals surface area (Å²) in [5.41, 5.74) is -0.461. The molecule has 0 bridgehead atoms. The van der Waals surface area contributed by atoms with Gasteiger partial charge >= 0.3 is 6.09 Å². The van der Waals surface area contributed by atoms with Crippen molar-refractivity contribution in [3.63, 3.8) is 0 Å². The number of alkyl carbamates (subject to hydrolysis) is 1. The van der Waals surface area contributed by atoms with Gasteiger partial charge in [-0.3, -0.25) is 0 Å². The maximum Gasteiger partial charge on any atom is 0.407 e. The number of hydrogen-bond acceptors (Lipinski definition) is 5. The SMILES string of the molecule is CSCCCCNC1C(NC(=O)OC(C)(C)C)C2CCCOC21. The first-order valence-corrected chi connectivity index (χ1v) is 10.2. The maximum absolute atomic E-state index is 12.1. The van der Waals surface area contributed by atoms with Crippen molar-refractivity contribution in [2.75, 3.05) is 25.2 Å². The van der Waals surface area contributed by atoms with Gasteiger partial charge in [-0.2, -0.15) is 11.8 Å². The Labute approximate surface area is 144 Å². The van der Waals surface area contributed by atoms with E-state index >= 15 is 0 Å². The van der Waals surface area contributed by atoms with Crippen LogP contribution in [0.2, 0.25) is 0 Å². The van der Waals surface area contributed by atoms with Crippen molar-refractivity contribution in [1.82, 2.24) is 10.6 Å². The Bertz CT molecular complexity index is 387. The zero-order chi connectivity index (χ0) is 16.9. The van der Waals surface area contributed by atoms with Crippen LogP contribution in [0.25, 0.3) is 0 Å². The molecule has 0 aromatic rings. The van der Waals surface area contributed by atoms with Gasteiger partial charge in [-0.05, 0) is 65.0 Å². The van der Waals surface area contributed by atoms with Gasteiger partial charge in [-0.25, -0.2) is 4.79 Å². The van der Waals surface area contributed by atoms with E-state index in [1.165, 1.54) is 12.2 Å². The van der Waals surface area contributed by atoms with E-state index in [2.05, 4.69) is 16.9 Å². The molecule has 0 aromatic heterocycles. The minimum Gasteiger partial charge on any atom is -0.444 e. The highest BCUT2D eigenvalue weighted by Crippen LogP contribution is 2.38. The predicted octanol–water partition coefficient (Wildman–Crippen LogP) is 2.79. The lowest BCUT2D eigenvalue weighted by Gasteiger charge is -2.54. The number of ether oxygens (including phenoxy) is 2. The lowest BCUT2D eigenvalue weighted by molar-refractivity contribution is -0.128. The lowest BCUT2D eigenvalue weighted by atomic mass is 9.68. The molecule has 1 amide bonds. The van der Waals surface area contributed by atoms with Crippen molar-refractivity contribution in [3.8, 4) is 0 Å². The predicted molar refractivity (Wildman–Crippen MR) is 95.0 cm³/mol. The Morgan fingerprint density at radius 1 is 1.30 bits per heavy atom. The van der Waals surface area contributed by atoms with Gasteiger partial charge in [0.05, 0.1) is 18.2 Å². The Hall–Kier alpha value is -0.460. The summed E-state index contributed by atoms with van der Waals surface area (Å²) in [6.45, 7) is 7.49. The van der Waals surface area contributed by atoms with Gasteiger partial charge in [-0.1, -0.05) is 0 Å². The molecule has 0 radical (unpaired) electrons. The Morgan fingerprint density at radius 2 is 2.09 bits per heavy atom. The van der Waals surface area contributed by atoms with Gasteiger partial charge < -0.3 is 20.1 Å². The van der Waals surface area contributed by atoms with Crippen LogP contribution in [0, 0.1) is 5.92 Å². The van der Waals surface area contributed by atoms with Crippen molar-refractivity contribution in [3.05, 3.63) is 0 Å². The summed E-state index contributed by atoms with van der Waals surface area (Å²) in [5.74, 6) is 1.62. The summed E-state index contributed by atoms with van der Waals surface area (Å²) in [6.07, 6.45) is 6.64. The topological polar surface area (TPSA) is 59.6 Å². The van der Waals surface area contributed by atoms with Crippen molar-refractivity contribution < 1.29 is 14.3 Å². The number of amides is 1. The molecule has 23 heavy (non-hydrogen) atoms. The van der Waals surface area contributed by atoms with Crippen LogP contribution in [0.5, 0.6) is 0 Å². The van der Waals surface area contributed by atoms with Crippen LogP contribution in [0.1, 0.15) is 46.5 Å². The molecule has 2 fully saturated rings. The minimum atomic E-state index is -0.461. The summed E-state index contributed by atoms with van der Waals surface area (Å²) in [7, 11) is 0. The van der Waals surface area contributed by atoms with Crippen LogP contribution >= 0.6 is 11.8 Å². The van der Waals surface area contributed by atoms with E-state index in [9.17, 15) is 4.79 Å². The van der Waals surface area contributed by atoms with Crippen LogP contribution in [0.3, 0.4) is 0 Å². The third kappa shape index (κ3) is 5.54. The summed E-state index contributed by atoms with van der Waals surface area (Å²) >= 11 is 1.89. The number of fused-ring (bicyclic) bond motifs is 1. The molecule has 0 aromatic carbocycles. The van der Waals surface area contributed by atoms with Gasteiger partial charge in [0.2, 0.25) is 0 Å². The van der Waals surface area contributed by atoms with E-state index in [1.54, 1.807) is 0 Å². The molecule has 5 nitrogen and oxygen atoms in total. The van der Waals surface area contributed by atoms with Gasteiger partial charge in [0.25, 0.3) is 0 Å². The van der Waals surface area contributed by atoms with Crippen LogP contribution in [0.4, 0.5) is 4.79 Å². The quantitative estimate of drug-likeness (QED) is 0.696. The minimum absolute atomic E-state index is 0.121. The molecule has 6 heteroatoms. The second-order valence-electron chi connectivity index (χ2n) is 7.49. The second kappa shape index (κ2) is 8.58. The van der Waals surface area contributed by atoms with Gasteiger partial charge in [-0.15, -0.1) is 0 Å². The number of thioether (sulfide) groups is 1. The number of carbonyl (C=O) groups is 1. The molecule has 1 heterocycles. The van der Waals surface area contributed by atoms with Crippen molar-refractivity contribution in [2.45, 2.75) is 70.2 Å². The average Bonchev–Trinajstić information content (AvgIpc) is 2.47. The van der Waals surface area contributed by atoms with E-state index in [-0.39, 0.29) is 24.3 Å². The summed E-state index contributed by atoms with van der Waals surface area (Å²) < 4.78 is 11.3. The number of carbonyl (C=O) groups excluding carboxylic acids is 1. The van der Waals surface area contributed by atoms with Crippen LogP contribution in [0.15, 0.2) is 0 Å². The largest absolute Gasteiger partial charge is 0.444 e. The molecule has 2 aliphatic rings. The number of hydrogen-bond donors (Lipinski definition) is 2. The normalized spacial score (nSPS) is 30.3. The van der Waals surface area contributed by atoms with E-state index in [1.807, 2.05) is 32.5 Å². The Morgan fingerprint density at radius 3 is 2.78 bits per heavy atom. The lowest BCUT2D eigenvalue weighted by Crippen LogP contribution is -2.73.